The van der Waals surface area contributed by atoms with Gasteiger partial charge in [0.15, 0.2) is 0 Å². The lowest BCUT2D eigenvalue weighted by atomic mass is 9.94. The minimum atomic E-state index is 0.116. The van der Waals surface area contributed by atoms with E-state index in [9.17, 15) is 4.79 Å². The van der Waals surface area contributed by atoms with E-state index in [1.165, 1.54) is 37.2 Å². The van der Waals surface area contributed by atoms with Crippen LogP contribution in [0.5, 0.6) is 0 Å². The molecule has 0 radical (unpaired) electrons. The second-order valence-electron chi connectivity index (χ2n) is 6.61. The summed E-state index contributed by atoms with van der Waals surface area (Å²) in [5.41, 5.74) is 1.22. The van der Waals surface area contributed by atoms with Crippen molar-refractivity contribution in [2.75, 3.05) is 31.1 Å². The number of amides is 1. The minimum Gasteiger partial charge on any atom is -0.354 e. The highest BCUT2D eigenvalue weighted by Gasteiger charge is 2.40. The van der Waals surface area contributed by atoms with Crippen molar-refractivity contribution < 1.29 is 4.79 Å². The fraction of sp³-hybridized carbons (Fsp3) is 0.611. The zero-order chi connectivity index (χ0) is 16.1. The molecule has 5 heteroatoms. The molecule has 1 N–H and O–H groups in total. The number of carbonyl (C=O) groups is 1. The van der Waals surface area contributed by atoms with E-state index in [-0.39, 0.29) is 11.4 Å². The van der Waals surface area contributed by atoms with Crippen molar-refractivity contribution in [2.24, 2.45) is 0 Å². The molecule has 1 aliphatic carbocycles. The molecule has 1 saturated carbocycles. The highest BCUT2D eigenvalue weighted by atomic mass is 35.5. The molecule has 126 valence electrons. The Hall–Kier alpha value is -0.710. The lowest BCUT2D eigenvalue weighted by molar-refractivity contribution is -0.121. The molecule has 1 aromatic carbocycles. The Kier molecular flexibility index (Phi) is 5.89. The average Bonchev–Trinajstić information content (AvgIpc) is 3.06. The first-order chi connectivity index (χ1) is 11.2. The molecule has 0 aromatic heterocycles. The number of nitrogens with one attached hydrogen (secondary N) is 1. The van der Waals surface area contributed by atoms with E-state index in [0.717, 1.165) is 25.2 Å². The van der Waals surface area contributed by atoms with Gasteiger partial charge >= 0.3 is 0 Å². The first-order valence-corrected chi connectivity index (χ1v) is 10.1. The predicted molar refractivity (Wildman–Crippen MR) is 98.3 cm³/mol. The molecule has 3 nitrogen and oxygen atoms in total. The van der Waals surface area contributed by atoms with Crippen LogP contribution in [-0.4, -0.2) is 47.5 Å². The van der Waals surface area contributed by atoms with Crippen LogP contribution in [0.25, 0.3) is 0 Å². The number of halogens is 1. The van der Waals surface area contributed by atoms with Crippen LogP contribution in [0.15, 0.2) is 24.3 Å². The second kappa shape index (κ2) is 7.91. The number of hydrogen-bond acceptors (Lipinski definition) is 3. The standard InChI is InChI=1S/C18H25ClN2OS/c19-16-5-3-15(4-6-16)13-17(22)20-14-18(7-1-2-8-18)21-9-11-23-12-10-21/h3-6H,1-2,7-14H2,(H,20,22). The van der Waals surface area contributed by atoms with E-state index >= 15 is 0 Å². The maximum absolute atomic E-state index is 12.3. The maximum Gasteiger partial charge on any atom is 0.224 e. The van der Waals surface area contributed by atoms with E-state index in [2.05, 4.69) is 10.2 Å². The molecular formula is C18H25ClN2OS. The monoisotopic (exact) mass is 352 g/mol. The summed E-state index contributed by atoms with van der Waals surface area (Å²) in [5.74, 6) is 2.56. The van der Waals surface area contributed by atoms with E-state index in [1.54, 1.807) is 0 Å². The number of rotatable bonds is 5. The molecule has 0 spiro atoms. The van der Waals surface area contributed by atoms with Crippen molar-refractivity contribution in [1.29, 1.82) is 0 Å². The van der Waals surface area contributed by atoms with Gasteiger partial charge < -0.3 is 5.32 Å². The average molecular weight is 353 g/mol. The minimum absolute atomic E-state index is 0.116. The molecule has 3 rings (SSSR count). The van der Waals surface area contributed by atoms with Gasteiger partial charge in [0.2, 0.25) is 5.91 Å². The summed E-state index contributed by atoms with van der Waals surface area (Å²) in [4.78, 5) is 15.0. The van der Waals surface area contributed by atoms with Gasteiger partial charge in [0, 0.05) is 41.7 Å². The van der Waals surface area contributed by atoms with E-state index in [0.29, 0.717) is 11.4 Å². The van der Waals surface area contributed by atoms with Crippen LogP contribution in [0, 0.1) is 0 Å². The SMILES string of the molecule is O=C(Cc1ccc(Cl)cc1)NCC1(N2CCSCC2)CCCC1. The van der Waals surface area contributed by atoms with Crippen LogP contribution in [0.1, 0.15) is 31.2 Å². The van der Waals surface area contributed by atoms with Gasteiger partial charge in [0.1, 0.15) is 0 Å². The number of carbonyl (C=O) groups excluding carboxylic acids is 1. The Balaban J connectivity index is 1.56. The van der Waals surface area contributed by atoms with Crippen molar-refractivity contribution in [2.45, 2.75) is 37.6 Å². The van der Waals surface area contributed by atoms with Crippen LogP contribution in [0.3, 0.4) is 0 Å². The van der Waals surface area contributed by atoms with Gasteiger partial charge in [0.05, 0.1) is 6.42 Å². The molecule has 0 atom stereocenters. The summed E-state index contributed by atoms with van der Waals surface area (Å²) in [7, 11) is 0. The van der Waals surface area contributed by atoms with Crippen molar-refractivity contribution in [3.8, 4) is 0 Å². The third-order valence-corrected chi connectivity index (χ3v) is 6.30. The number of hydrogen-bond donors (Lipinski definition) is 1. The first kappa shape index (κ1) is 17.1. The molecule has 1 saturated heterocycles. The van der Waals surface area contributed by atoms with E-state index in [1.807, 2.05) is 36.0 Å². The molecule has 2 aliphatic rings. The van der Waals surface area contributed by atoms with Crippen molar-refractivity contribution in [3.05, 3.63) is 34.9 Å². The van der Waals surface area contributed by atoms with Gasteiger partial charge in [-0.3, -0.25) is 9.69 Å². The second-order valence-corrected chi connectivity index (χ2v) is 8.27. The zero-order valence-corrected chi connectivity index (χ0v) is 15.1. The van der Waals surface area contributed by atoms with Gasteiger partial charge in [-0.1, -0.05) is 36.6 Å². The largest absolute Gasteiger partial charge is 0.354 e. The topological polar surface area (TPSA) is 32.3 Å². The molecular weight excluding hydrogens is 328 g/mol. The maximum atomic E-state index is 12.3. The van der Waals surface area contributed by atoms with Gasteiger partial charge in [-0.05, 0) is 30.5 Å². The van der Waals surface area contributed by atoms with Gasteiger partial charge in [-0.25, -0.2) is 0 Å². The summed E-state index contributed by atoms with van der Waals surface area (Å²) in [5, 5.41) is 3.92. The molecule has 0 bridgehead atoms. The Morgan fingerprint density at radius 3 is 2.48 bits per heavy atom. The van der Waals surface area contributed by atoms with E-state index in [4.69, 9.17) is 11.6 Å². The van der Waals surface area contributed by atoms with E-state index < -0.39 is 0 Å². The highest BCUT2D eigenvalue weighted by Crippen LogP contribution is 2.36. The molecule has 23 heavy (non-hydrogen) atoms. The third kappa shape index (κ3) is 4.43. The molecule has 2 fully saturated rings. The number of benzene rings is 1. The Morgan fingerprint density at radius 2 is 1.83 bits per heavy atom. The molecule has 0 unspecified atom stereocenters. The predicted octanol–water partition coefficient (Wildman–Crippen LogP) is 3.36. The van der Waals surface area contributed by atoms with Crippen LogP contribution < -0.4 is 5.32 Å². The molecule has 1 amide bonds. The van der Waals surface area contributed by atoms with Gasteiger partial charge in [-0.15, -0.1) is 0 Å². The number of nitrogens with zero attached hydrogens (tertiary/aromatic N) is 1. The fourth-order valence-corrected chi connectivity index (χ4v) is 4.82. The first-order valence-electron chi connectivity index (χ1n) is 8.52. The lowest BCUT2D eigenvalue weighted by Crippen LogP contribution is -2.56. The fourth-order valence-electron chi connectivity index (χ4n) is 3.79. The van der Waals surface area contributed by atoms with Crippen LogP contribution in [-0.2, 0) is 11.2 Å². The summed E-state index contributed by atoms with van der Waals surface area (Å²) < 4.78 is 0. The summed E-state index contributed by atoms with van der Waals surface area (Å²) in [6, 6.07) is 7.53. The number of thioether (sulfide) groups is 1. The van der Waals surface area contributed by atoms with Gasteiger partial charge in [-0.2, -0.15) is 11.8 Å². The van der Waals surface area contributed by atoms with Crippen molar-refractivity contribution in [3.63, 3.8) is 0 Å². The van der Waals surface area contributed by atoms with Crippen molar-refractivity contribution >= 4 is 29.3 Å². The van der Waals surface area contributed by atoms with Gasteiger partial charge in [0.25, 0.3) is 0 Å². The summed E-state index contributed by atoms with van der Waals surface area (Å²) in [6.45, 7) is 3.12. The van der Waals surface area contributed by atoms with Crippen LogP contribution >= 0.6 is 23.4 Å². The molecule has 1 aliphatic heterocycles. The normalized spacial score (nSPS) is 21.3. The van der Waals surface area contributed by atoms with Crippen molar-refractivity contribution in [1.82, 2.24) is 10.2 Å². The van der Waals surface area contributed by atoms with Crippen LogP contribution in [0.2, 0.25) is 5.02 Å². The quantitative estimate of drug-likeness (QED) is 0.881. The zero-order valence-electron chi connectivity index (χ0n) is 13.5. The Bertz CT molecular complexity index is 522. The molecule has 1 heterocycles. The summed E-state index contributed by atoms with van der Waals surface area (Å²) in [6.07, 6.45) is 5.45. The lowest BCUT2D eigenvalue weighted by Gasteiger charge is -2.43. The van der Waals surface area contributed by atoms with Crippen LogP contribution in [0.4, 0.5) is 0 Å². The Labute approximate surface area is 148 Å². The smallest absolute Gasteiger partial charge is 0.224 e. The summed E-state index contributed by atoms with van der Waals surface area (Å²) >= 11 is 7.94. The molecule has 1 aromatic rings. The Morgan fingerprint density at radius 1 is 1.17 bits per heavy atom. The third-order valence-electron chi connectivity index (χ3n) is 5.11. The highest BCUT2D eigenvalue weighted by molar-refractivity contribution is 7.99.